The predicted octanol–water partition coefficient (Wildman–Crippen LogP) is 5.27. The third-order valence-electron chi connectivity index (χ3n) is 5.98. The molecule has 3 nitrogen and oxygen atoms in total. The number of likely N-dealkylation sites (tertiary alicyclic amines) is 1. The van der Waals surface area contributed by atoms with Gasteiger partial charge in [-0.25, -0.2) is 4.39 Å². The van der Waals surface area contributed by atoms with Crippen molar-refractivity contribution in [3.63, 3.8) is 0 Å². The molecule has 0 saturated carbocycles. The van der Waals surface area contributed by atoms with Crippen LogP contribution >= 0.6 is 11.6 Å². The number of hydrogen-bond acceptors (Lipinski definition) is 2. The SMILES string of the molecule is O=C(c1c(F)cccc1Cl)N1CCC(C(O)(c2ccccc2)c2ccccc2)CC1. The lowest BCUT2D eigenvalue weighted by Crippen LogP contribution is -2.46. The lowest BCUT2D eigenvalue weighted by molar-refractivity contribution is -0.0123. The van der Waals surface area contributed by atoms with E-state index in [0.717, 1.165) is 11.1 Å². The summed E-state index contributed by atoms with van der Waals surface area (Å²) in [5.41, 5.74) is 0.420. The van der Waals surface area contributed by atoms with Gasteiger partial charge in [-0.15, -0.1) is 0 Å². The first-order chi connectivity index (χ1) is 14.5. The molecule has 1 fully saturated rings. The second-order valence-electron chi connectivity index (χ2n) is 7.66. The molecule has 1 aliphatic rings. The van der Waals surface area contributed by atoms with Gasteiger partial charge < -0.3 is 10.0 Å². The van der Waals surface area contributed by atoms with Crippen LogP contribution in [0.4, 0.5) is 4.39 Å². The number of hydrogen-bond donors (Lipinski definition) is 1. The summed E-state index contributed by atoms with van der Waals surface area (Å²) >= 11 is 6.08. The molecular weight excluding hydrogens is 401 g/mol. The fourth-order valence-electron chi connectivity index (χ4n) is 4.38. The van der Waals surface area contributed by atoms with Gasteiger partial charge in [0.25, 0.3) is 5.91 Å². The smallest absolute Gasteiger partial charge is 0.258 e. The molecule has 0 unspecified atom stereocenters. The molecule has 0 spiro atoms. The Morgan fingerprint density at radius 3 is 1.93 bits per heavy atom. The van der Waals surface area contributed by atoms with Gasteiger partial charge in [-0.3, -0.25) is 4.79 Å². The molecule has 1 heterocycles. The van der Waals surface area contributed by atoms with Gasteiger partial charge in [0.15, 0.2) is 0 Å². The number of nitrogens with zero attached hydrogens (tertiary/aromatic N) is 1. The number of carbonyl (C=O) groups excluding carboxylic acids is 1. The van der Waals surface area contributed by atoms with E-state index >= 15 is 0 Å². The van der Waals surface area contributed by atoms with E-state index < -0.39 is 17.3 Å². The summed E-state index contributed by atoms with van der Waals surface area (Å²) in [6, 6.07) is 23.5. The molecule has 0 bridgehead atoms. The van der Waals surface area contributed by atoms with E-state index in [9.17, 15) is 14.3 Å². The third-order valence-corrected chi connectivity index (χ3v) is 6.29. The lowest BCUT2D eigenvalue weighted by Gasteiger charge is -2.42. The fourth-order valence-corrected chi connectivity index (χ4v) is 4.63. The minimum Gasteiger partial charge on any atom is -0.380 e. The molecule has 1 aliphatic heterocycles. The lowest BCUT2D eigenvalue weighted by atomic mass is 9.72. The Kier molecular flexibility index (Phi) is 5.89. The number of benzene rings is 3. The van der Waals surface area contributed by atoms with Crippen molar-refractivity contribution >= 4 is 17.5 Å². The third kappa shape index (κ3) is 3.73. The fraction of sp³-hybridized carbons (Fsp3) is 0.240. The van der Waals surface area contributed by atoms with Crippen molar-refractivity contribution in [1.82, 2.24) is 4.90 Å². The van der Waals surface area contributed by atoms with Gasteiger partial charge in [0.2, 0.25) is 0 Å². The predicted molar refractivity (Wildman–Crippen MR) is 116 cm³/mol. The first-order valence-corrected chi connectivity index (χ1v) is 10.5. The Bertz CT molecular complexity index is 958. The zero-order valence-corrected chi connectivity index (χ0v) is 17.2. The highest BCUT2D eigenvalue weighted by Gasteiger charge is 2.42. The maximum Gasteiger partial charge on any atom is 0.258 e. The highest BCUT2D eigenvalue weighted by atomic mass is 35.5. The van der Waals surface area contributed by atoms with E-state index in [4.69, 9.17) is 11.6 Å². The van der Waals surface area contributed by atoms with Crippen molar-refractivity contribution in [3.8, 4) is 0 Å². The van der Waals surface area contributed by atoms with E-state index in [0.29, 0.717) is 25.9 Å². The molecule has 0 aliphatic carbocycles. The van der Waals surface area contributed by atoms with Crippen LogP contribution in [0.1, 0.15) is 34.3 Å². The van der Waals surface area contributed by atoms with Gasteiger partial charge in [-0.2, -0.15) is 0 Å². The molecule has 1 N–H and O–H groups in total. The monoisotopic (exact) mass is 423 g/mol. The average molecular weight is 424 g/mol. The van der Waals surface area contributed by atoms with Crippen LogP contribution in [-0.4, -0.2) is 29.0 Å². The van der Waals surface area contributed by atoms with Gasteiger partial charge in [0, 0.05) is 13.1 Å². The summed E-state index contributed by atoms with van der Waals surface area (Å²) < 4.78 is 14.2. The molecule has 0 aromatic heterocycles. The van der Waals surface area contributed by atoms with E-state index in [1.54, 1.807) is 4.90 Å². The maximum absolute atomic E-state index is 14.2. The van der Waals surface area contributed by atoms with Gasteiger partial charge in [-0.1, -0.05) is 78.3 Å². The summed E-state index contributed by atoms with van der Waals surface area (Å²) in [5.74, 6) is -1.10. The molecule has 154 valence electrons. The van der Waals surface area contributed by atoms with Crippen molar-refractivity contribution in [3.05, 3.63) is 106 Å². The zero-order chi connectivity index (χ0) is 21.1. The number of halogens is 2. The molecule has 5 heteroatoms. The van der Waals surface area contributed by atoms with E-state index in [2.05, 4.69) is 0 Å². The summed E-state index contributed by atoms with van der Waals surface area (Å²) in [6.45, 7) is 0.853. The second-order valence-corrected chi connectivity index (χ2v) is 8.07. The largest absolute Gasteiger partial charge is 0.380 e. The van der Waals surface area contributed by atoms with Crippen LogP contribution in [-0.2, 0) is 5.60 Å². The molecule has 3 aromatic rings. The van der Waals surface area contributed by atoms with Gasteiger partial charge in [0.05, 0.1) is 10.6 Å². The molecule has 0 atom stereocenters. The number of carbonyl (C=O) groups is 1. The van der Waals surface area contributed by atoms with Crippen LogP contribution in [0.2, 0.25) is 5.02 Å². The Labute approximate surface area is 180 Å². The van der Waals surface area contributed by atoms with E-state index in [1.165, 1.54) is 18.2 Å². The molecule has 4 rings (SSSR count). The Morgan fingerprint density at radius 2 is 1.43 bits per heavy atom. The van der Waals surface area contributed by atoms with Crippen LogP contribution in [0, 0.1) is 11.7 Å². The minimum absolute atomic E-state index is 0.0811. The van der Waals surface area contributed by atoms with Crippen LogP contribution in [0.15, 0.2) is 78.9 Å². The standard InChI is InChI=1S/C25H23ClFNO2/c26-21-12-7-13-22(27)23(21)24(29)28-16-14-20(15-17-28)25(30,18-8-3-1-4-9-18)19-10-5-2-6-11-19/h1-13,20,30H,14-17H2. The number of amides is 1. The molecule has 1 amide bonds. The summed E-state index contributed by atoms with van der Waals surface area (Å²) in [5, 5.41) is 12.0. The summed E-state index contributed by atoms with van der Waals surface area (Å²) in [6.07, 6.45) is 1.19. The molecule has 1 saturated heterocycles. The van der Waals surface area contributed by atoms with Gasteiger partial charge in [0.1, 0.15) is 11.4 Å². The van der Waals surface area contributed by atoms with Crippen molar-refractivity contribution in [2.24, 2.45) is 5.92 Å². The minimum atomic E-state index is -1.16. The number of aliphatic hydroxyl groups is 1. The highest BCUT2D eigenvalue weighted by molar-refractivity contribution is 6.33. The summed E-state index contributed by atoms with van der Waals surface area (Å²) in [7, 11) is 0. The molecular formula is C25H23ClFNO2. The van der Waals surface area contributed by atoms with Crippen molar-refractivity contribution in [1.29, 1.82) is 0 Å². The Hall–Kier alpha value is -2.69. The summed E-state index contributed by atoms with van der Waals surface area (Å²) in [4.78, 5) is 14.5. The number of rotatable bonds is 4. The molecule has 3 aromatic carbocycles. The maximum atomic E-state index is 14.2. The Balaban J connectivity index is 1.59. The van der Waals surface area contributed by atoms with E-state index in [-0.39, 0.29) is 16.5 Å². The van der Waals surface area contributed by atoms with Crippen LogP contribution in [0.5, 0.6) is 0 Å². The zero-order valence-electron chi connectivity index (χ0n) is 16.5. The van der Waals surface area contributed by atoms with Gasteiger partial charge >= 0.3 is 0 Å². The first kappa shape index (κ1) is 20.6. The van der Waals surface area contributed by atoms with Gasteiger partial charge in [-0.05, 0) is 42.0 Å². The average Bonchev–Trinajstić information content (AvgIpc) is 2.79. The number of piperidine rings is 1. The van der Waals surface area contributed by atoms with Crippen molar-refractivity contribution in [2.45, 2.75) is 18.4 Å². The van der Waals surface area contributed by atoms with Crippen LogP contribution < -0.4 is 0 Å². The first-order valence-electron chi connectivity index (χ1n) is 10.1. The van der Waals surface area contributed by atoms with E-state index in [1.807, 2.05) is 60.7 Å². The quantitative estimate of drug-likeness (QED) is 0.621. The van der Waals surface area contributed by atoms with Crippen molar-refractivity contribution < 1.29 is 14.3 Å². The second kappa shape index (κ2) is 8.58. The molecule has 0 radical (unpaired) electrons. The van der Waals surface area contributed by atoms with Crippen LogP contribution in [0.25, 0.3) is 0 Å². The highest BCUT2D eigenvalue weighted by Crippen LogP contribution is 2.42. The Morgan fingerprint density at radius 1 is 0.900 bits per heavy atom. The topological polar surface area (TPSA) is 40.5 Å². The van der Waals surface area contributed by atoms with Crippen LogP contribution in [0.3, 0.4) is 0 Å². The molecule has 30 heavy (non-hydrogen) atoms. The normalized spacial score (nSPS) is 15.2. The van der Waals surface area contributed by atoms with Crippen molar-refractivity contribution in [2.75, 3.05) is 13.1 Å².